The Kier molecular flexibility index (Phi) is 2.49. The SMILES string of the molecule is NC1CCC(N[C@H]2[C@H]3Cc4ccccc4[C@H]32)CC1. The fourth-order valence-electron chi connectivity index (χ4n) is 4.14. The van der Waals surface area contributed by atoms with Gasteiger partial charge in [0.15, 0.2) is 0 Å². The van der Waals surface area contributed by atoms with Gasteiger partial charge in [0.25, 0.3) is 0 Å². The third kappa shape index (κ3) is 1.70. The average molecular weight is 242 g/mol. The summed E-state index contributed by atoms with van der Waals surface area (Å²) >= 11 is 0. The molecule has 3 aliphatic carbocycles. The smallest absolute Gasteiger partial charge is 0.0180 e. The van der Waals surface area contributed by atoms with Gasteiger partial charge < -0.3 is 11.1 Å². The zero-order chi connectivity index (χ0) is 12.1. The molecule has 1 aromatic rings. The van der Waals surface area contributed by atoms with Crippen LogP contribution >= 0.6 is 0 Å². The number of benzene rings is 1. The zero-order valence-corrected chi connectivity index (χ0v) is 10.8. The van der Waals surface area contributed by atoms with Crippen LogP contribution in [0, 0.1) is 5.92 Å². The van der Waals surface area contributed by atoms with E-state index in [0.717, 1.165) is 23.9 Å². The maximum atomic E-state index is 5.97. The number of hydrogen-bond donors (Lipinski definition) is 2. The van der Waals surface area contributed by atoms with E-state index in [-0.39, 0.29) is 0 Å². The van der Waals surface area contributed by atoms with E-state index < -0.39 is 0 Å². The Morgan fingerprint density at radius 1 is 1.06 bits per heavy atom. The Hall–Kier alpha value is -0.860. The van der Waals surface area contributed by atoms with E-state index in [1.807, 2.05) is 0 Å². The quantitative estimate of drug-likeness (QED) is 0.834. The van der Waals surface area contributed by atoms with Crippen molar-refractivity contribution in [1.29, 1.82) is 0 Å². The van der Waals surface area contributed by atoms with Gasteiger partial charge in [-0.05, 0) is 49.1 Å². The van der Waals surface area contributed by atoms with Gasteiger partial charge in [-0.1, -0.05) is 24.3 Å². The molecular formula is C16H22N2. The van der Waals surface area contributed by atoms with Gasteiger partial charge in [-0.3, -0.25) is 0 Å². The molecule has 0 heterocycles. The van der Waals surface area contributed by atoms with E-state index in [1.54, 1.807) is 11.1 Å². The number of hydrogen-bond acceptors (Lipinski definition) is 2. The minimum Gasteiger partial charge on any atom is -0.328 e. The van der Waals surface area contributed by atoms with Crippen molar-refractivity contribution in [2.45, 2.75) is 56.1 Å². The molecule has 3 aliphatic rings. The molecule has 0 aliphatic heterocycles. The first-order valence-corrected chi connectivity index (χ1v) is 7.42. The van der Waals surface area contributed by atoms with E-state index in [2.05, 4.69) is 29.6 Å². The molecule has 0 amide bonds. The fourth-order valence-corrected chi connectivity index (χ4v) is 4.14. The van der Waals surface area contributed by atoms with Gasteiger partial charge >= 0.3 is 0 Å². The van der Waals surface area contributed by atoms with E-state index in [1.165, 1.54) is 32.1 Å². The molecule has 96 valence electrons. The van der Waals surface area contributed by atoms with Gasteiger partial charge in [-0.2, -0.15) is 0 Å². The van der Waals surface area contributed by atoms with Gasteiger partial charge in [0, 0.05) is 24.0 Å². The molecule has 18 heavy (non-hydrogen) atoms. The Balaban J connectivity index is 1.40. The van der Waals surface area contributed by atoms with E-state index in [4.69, 9.17) is 5.73 Å². The first-order valence-electron chi connectivity index (χ1n) is 7.42. The average Bonchev–Trinajstić information content (AvgIpc) is 2.91. The van der Waals surface area contributed by atoms with Crippen LogP contribution in [-0.2, 0) is 6.42 Å². The Labute approximate surface area is 109 Å². The van der Waals surface area contributed by atoms with Crippen molar-refractivity contribution >= 4 is 0 Å². The van der Waals surface area contributed by atoms with Crippen LogP contribution in [0.1, 0.15) is 42.7 Å². The summed E-state index contributed by atoms with van der Waals surface area (Å²) in [6.45, 7) is 0. The van der Waals surface area contributed by atoms with Gasteiger partial charge in [-0.15, -0.1) is 0 Å². The third-order valence-corrected chi connectivity index (χ3v) is 5.24. The van der Waals surface area contributed by atoms with Crippen LogP contribution in [0.15, 0.2) is 24.3 Å². The summed E-state index contributed by atoms with van der Waals surface area (Å²) < 4.78 is 0. The highest BCUT2D eigenvalue weighted by Crippen LogP contribution is 2.56. The van der Waals surface area contributed by atoms with Crippen molar-refractivity contribution in [3.05, 3.63) is 35.4 Å². The van der Waals surface area contributed by atoms with E-state index in [9.17, 15) is 0 Å². The second-order valence-electron chi connectivity index (χ2n) is 6.40. The summed E-state index contributed by atoms with van der Waals surface area (Å²) in [7, 11) is 0. The number of nitrogens with one attached hydrogen (secondary N) is 1. The molecule has 0 spiro atoms. The highest BCUT2D eigenvalue weighted by molar-refractivity contribution is 5.45. The van der Waals surface area contributed by atoms with Gasteiger partial charge in [0.05, 0.1) is 0 Å². The Bertz CT molecular complexity index is 448. The summed E-state index contributed by atoms with van der Waals surface area (Å²) in [5.74, 6) is 1.70. The normalized spacial score (nSPS) is 41.3. The number of rotatable bonds is 2. The van der Waals surface area contributed by atoms with Crippen LogP contribution in [-0.4, -0.2) is 18.1 Å². The lowest BCUT2D eigenvalue weighted by molar-refractivity contribution is 0.335. The van der Waals surface area contributed by atoms with Gasteiger partial charge in [0.2, 0.25) is 0 Å². The standard InChI is InChI=1S/C16H22N2/c17-11-5-7-12(8-6-11)18-16-14-9-10-3-1-2-4-13(10)15(14)16/h1-4,11-12,14-16,18H,5-9,17H2/t11?,12?,14-,15+,16-/m0/s1. The molecule has 2 nitrogen and oxygen atoms in total. The van der Waals surface area contributed by atoms with Crippen LogP contribution in [0.4, 0.5) is 0 Å². The second kappa shape index (κ2) is 4.07. The Morgan fingerprint density at radius 3 is 2.67 bits per heavy atom. The molecule has 2 fully saturated rings. The molecule has 0 bridgehead atoms. The fraction of sp³-hybridized carbons (Fsp3) is 0.625. The summed E-state index contributed by atoms with van der Waals surface area (Å²) in [6, 6.07) is 11.0. The first kappa shape index (κ1) is 11.0. The second-order valence-corrected chi connectivity index (χ2v) is 6.40. The van der Waals surface area contributed by atoms with E-state index >= 15 is 0 Å². The maximum absolute atomic E-state index is 5.97. The third-order valence-electron chi connectivity index (χ3n) is 5.24. The Morgan fingerprint density at radius 2 is 1.83 bits per heavy atom. The van der Waals surface area contributed by atoms with Gasteiger partial charge in [-0.25, -0.2) is 0 Å². The summed E-state index contributed by atoms with van der Waals surface area (Å²) in [5, 5.41) is 3.90. The van der Waals surface area contributed by atoms with Crippen LogP contribution in [0.25, 0.3) is 0 Å². The molecule has 1 aromatic carbocycles. The number of nitrogens with two attached hydrogens (primary N) is 1. The summed E-state index contributed by atoms with van der Waals surface area (Å²) in [5.41, 5.74) is 9.18. The zero-order valence-electron chi connectivity index (χ0n) is 10.8. The van der Waals surface area contributed by atoms with Crippen molar-refractivity contribution in [2.75, 3.05) is 0 Å². The van der Waals surface area contributed by atoms with Crippen LogP contribution in [0.2, 0.25) is 0 Å². The van der Waals surface area contributed by atoms with Crippen molar-refractivity contribution in [3.63, 3.8) is 0 Å². The molecule has 4 rings (SSSR count). The molecule has 0 radical (unpaired) electrons. The molecule has 3 atom stereocenters. The highest BCUT2D eigenvalue weighted by Gasteiger charge is 2.55. The molecule has 2 heteroatoms. The highest BCUT2D eigenvalue weighted by atomic mass is 15.0. The predicted molar refractivity (Wildman–Crippen MR) is 73.5 cm³/mol. The maximum Gasteiger partial charge on any atom is 0.0180 e. The topological polar surface area (TPSA) is 38.0 Å². The summed E-state index contributed by atoms with van der Waals surface area (Å²) in [4.78, 5) is 0. The van der Waals surface area contributed by atoms with Crippen LogP contribution in [0.3, 0.4) is 0 Å². The largest absolute Gasteiger partial charge is 0.328 e. The van der Waals surface area contributed by atoms with Crippen molar-refractivity contribution < 1.29 is 0 Å². The predicted octanol–water partition coefficient (Wildman–Crippen LogP) is 2.18. The lowest BCUT2D eigenvalue weighted by Crippen LogP contribution is -2.39. The van der Waals surface area contributed by atoms with Crippen molar-refractivity contribution in [3.8, 4) is 0 Å². The minimum atomic E-state index is 0.461. The first-order chi connectivity index (χ1) is 8.83. The molecule has 3 N–H and O–H groups in total. The molecule has 0 aromatic heterocycles. The molecule has 0 unspecified atom stereocenters. The van der Waals surface area contributed by atoms with Crippen LogP contribution in [0.5, 0.6) is 0 Å². The van der Waals surface area contributed by atoms with E-state index in [0.29, 0.717) is 6.04 Å². The summed E-state index contributed by atoms with van der Waals surface area (Å²) in [6.07, 6.45) is 6.26. The minimum absolute atomic E-state index is 0.461. The van der Waals surface area contributed by atoms with Crippen molar-refractivity contribution in [2.24, 2.45) is 11.7 Å². The lowest BCUT2D eigenvalue weighted by atomic mass is 9.91. The monoisotopic (exact) mass is 242 g/mol. The molecule has 2 saturated carbocycles. The molecule has 0 saturated heterocycles. The number of fused-ring (bicyclic) bond motifs is 3. The molecular weight excluding hydrogens is 220 g/mol. The lowest BCUT2D eigenvalue weighted by Gasteiger charge is -2.27. The van der Waals surface area contributed by atoms with Gasteiger partial charge in [0.1, 0.15) is 0 Å². The van der Waals surface area contributed by atoms with Crippen LogP contribution < -0.4 is 11.1 Å². The van der Waals surface area contributed by atoms with Crippen molar-refractivity contribution in [1.82, 2.24) is 5.32 Å².